The normalized spacial score (nSPS) is 32.7. The number of ether oxygens (including phenoxy) is 1. The average Bonchev–Trinajstić information content (AvgIpc) is 3.20. The first kappa shape index (κ1) is 29.6. The summed E-state index contributed by atoms with van der Waals surface area (Å²) in [6.45, 7) is 19.1. The molecule has 2 saturated carbocycles. The third-order valence-corrected chi connectivity index (χ3v) is 15.9. The van der Waals surface area contributed by atoms with Gasteiger partial charge in [-0.25, -0.2) is 0 Å². The SMILES string of the molecule is C=CC12CCc3cc(OC)ccc3C1[C@@H](CCCCCCC=O)C[C@@]1(C)C2CC[C@@H]1O[Si](C)(C)C(C)(C)C. The van der Waals surface area contributed by atoms with Crippen LogP contribution >= 0.6 is 0 Å². The van der Waals surface area contributed by atoms with Gasteiger partial charge in [0.15, 0.2) is 8.32 Å². The number of aryl methyl sites for hydroxylation is 1. The van der Waals surface area contributed by atoms with Crippen molar-refractivity contribution in [3.05, 3.63) is 42.0 Å². The highest BCUT2D eigenvalue weighted by Crippen LogP contribution is 2.70. The van der Waals surface area contributed by atoms with Crippen LogP contribution < -0.4 is 4.74 Å². The molecular formula is C34H54O3Si. The summed E-state index contributed by atoms with van der Waals surface area (Å²) in [4.78, 5) is 10.8. The Balaban J connectivity index is 1.69. The van der Waals surface area contributed by atoms with Crippen molar-refractivity contribution < 1.29 is 14.0 Å². The average molecular weight is 539 g/mol. The summed E-state index contributed by atoms with van der Waals surface area (Å²) in [5.74, 6) is 2.74. The summed E-state index contributed by atoms with van der Waals surface area (Å²) in [5, 5.41) is 0.221. The molecule has 1 aromatic carbocycles. The van der Waals surface area contributed by atoms with Crippen molar-refractivity contribution in [2.45, 2.75) is 128 Å². The number of hydrogen-bond donors (Lipinski definition) is 0. The molecule has 0 N–H and O–H groups in total. The lowest BCUT2D eigenvalue weighted by atomic mass is 9.44. The van der Waals surface area contributed by atoms with E-state index in [-0.39, 0.29) is 15.9 Å². The van der Waals surface area contributed by atoms with E-state index in [1.807, 2.05) is 0 Å². The molecule has 0 aliphatic heterocycles. The van der Waals surface area contributed by atoms with E-state index >= 15 is 0 Å². The van der Waals surface area contributed by atoms with Crippen molar-refractivity contribution in [1.82, 2.24) is 0 Å². The molecule has 0 radical (unpaired) electrons. The van der Waals surface area contributed by atoms with Crippen LogP contribution in [0.25, 0.3) is 0 Å². The minimum Gasteiger partial charge on any atom is -0.497 e. The first-order valence-corrected chi connectivity index (χ1v) is 18.3. The molecule has 1 aromatic rings. The maximum atomic E-state index is 10.8. The van der Waals surface area contributed by atoms with Gasteiger partial charge in [0.25, 0.3) is 0 Å². The summed E-state index contributed by atoms with van der Waals surface area (Å²) >= 11 is 0. The van der Waals surface area contributed by atoms with E-state index in [0.29, 0.717) is 30.3 Å². The molecule has 0 bridgehead atoms. The fraction of sp³-hybridized carbons (Fsp3) is 0.735. The van der Waals surface area contributed by atoms with Crippen LogP contribution in [0.1, 0.15) is 109 Å². The summed E-state index contributed by atoms with van der Waals surface area (Å²) in [6, 6.07) is 6.86. The van der Waals surface area contributed by atoms with Crippen molar-refractivity contribution in [2.24, 2.45) is 22.7 Å². The van der Waals surface area contributed by atoms with Crippen LogP contribution in [-0.2, 0) is 15.6 Å². The number of rotatable bonds is 11. The maximum absolute atomic E-state index is 10.8. The number of fused-ring (bicyclic) bond motifs is 5. The number of aldehydes is 1. The lowest BCUT2D eigenvalue weighted by Crippen LogP contribution is -2.56. The summed E-state index contributed by atoms with van der Waals surface area (Å²) < 4.78 is 12.9. The molecule has 0 aromatic heterocycles. The van der Waals surface area contributed by atoms with Crippen molar-refractivity contribution in [1.29, 1.82) is 0 Å². The van der Waals surface area contributed by atoms with Gasteiger partial charge in [-0.1, -0.05) is 59.1 Å². The van der Waals surface area contributed by atoms with Crippen molar-refractivity contribution >= 4 is 14.6 Å². The monoisotopic (exact) mass is 538 g/mol. The standard InChI is InChI=1S/C34H54O3Si/c1-9-34-21-20-25-23-27(36-6)16-17-28(25)31(34)26(15-13-11-10-12-14-22-35)24-33(5)29(34)18-19-30(33)37-38(7,8)32(2,3)4/h9,16-17,22-23,26,29-31H,1,10-15,18-21,24H2,2-8H3/t26-,29?,30-,31?,33-,34?/m0/s1. The smallest absolute Gasteiger partial charge is 0.192 e. The predicted octanol–water partition coefficient (Wildman–Crippen LogP) is 9.26. The van der Waals surface area contributed by atoms with Crippen LogP contribution in [0.2, 0.25) is 18.1 Å². The molecule has 38 heavy (non-hydrogen) atoms. The van der Waals surface area contributed by atoms with Gasteiger partial charge < -0.3 is 14.0 Å². The largest absolute Gasteiger partial charge is 0.497 e. The molecule has 0 heterocycles. The van der Waals surface area contributed by atoms with E-state index in [1.54, 1.807) is 12.7 Å². The Morgan fingerprint density at radius 2 is 1.87 bits per heavy atom. The highest BCUT2D eigenvalue weighted by atomic mass is 28.4. The van der Waals surface area contributed by atoms with E-state index in [1.165, 1.54) is 50.5 Å². The van der Waals surface area contributed by atoms with Crippen LogP contribution in [-0.4, -0.2) is 27.8 Å². The van der Waals surface area contributed by atoms with Crippen LogP contribution in [0.5, 0.6) is 5.75 Å². The Morgan fingerprint density at radius 3 is 2.53 bits per heavy atom. The molecule has 0 saturated heterocycles. The van der Waals surface area contributed by atoms with E-state index in [2.05, 4.69) is 71.6 Å². The number of carbonyl (C=O) groups is 1. The zero-order valence-corrected chi connectivity index (χ0v) is 26.4. The molecular weight excluding hydrogens is 484 g/mol. The lowest BCUT2D eigenvalue weighted by molar-refractivity contribution is -0.107. The van der Waals surface area contributed by atoms with Gasteiger partial charge in [-0.3, -0.25) is 0 Å². The van der Waals surface area contributed by atoms with Gasteiger partial charge in [0, 0.05) is 6.42 Å². The molecule has 4 rings (SSSR count). The van der Waals surface area contributed by atoms with Crippen LogP contribution in [0.3, 0.4) is 0 Å². The van der Waals surface area contributed by atoms with Gasteiger partial charge in [0.2, 0.25) is 0 Å². The lowest BCUT2D eigenvalue weighted by Gasteiger charge is -2.61. The number of hydrogen-bond acceptors (Lipinski definition) is 3. The Kier molecular flexibility index (Phi) is 8.75. The molecule has 6 atom stereocenters. The second-order valence-corrected chi connectivity index (χ2v) is 19.2. The van der Waals surface area contributed by atoms with Crippen molar-refractivity contribution in [2.75, 3.05) is 7.11 Å². The molecule has 212 valence electrons. The highest BCUT2D eigenvalue weighted by Gasteiger charge is 2.64. The van der Waals surface area contributed by atoms with Crippen LogP contribution in [0.15, 0.2) is 30.9 Å². The minimum absolute atomic E-state index is 0.127. The quantitative estimate of drug-likeness (QED) is 0.122. The number of allylic oxidation sites excluding steroid dienone is 1. The van der Waals surface area contributed by atoms with Gasteiger partial charge in [-0.15, -0.1) is 6.58 Å². The van der Waals surface area contributed by atoms with Crippen LogP contribution in [0, 0.1) is 22.7 Å². The Bertz CT molecular complexity index is 994. The van der Waals surface area contributed by atoms with Gasteiger partial charge in [-0.05, 0) is 115 Å². The fourth-order valence-corrected chi connectivity index (χ4v) is 9.96. The van der Waals surface area contributed by atoms with Crippen molar-refractivity contribution in [3.63, 3.8) is 0 Å². The predicted molar refractivity (Wildman–Crippen MR) is 161 cm³/mol. The Morgan fingerprint density at radius 1 is 1.13 bits per heavy atom. The second-order valence-electron chi connectivity index (χ2n) is 14.5. The third kappa shape index (κ3) is 5.21. The number of unbranched alkanes of at least 4 members (excludes halogenated alkanes) is 4. The molecule has 3 nitrogen and oxygen atoms in total. The molecule has 0 amide bonds. The molecule has 3 unspecified atom stereocenters. The summed E-state index contributed by atoms with van der Waals surface area (Å²) in [5.41, 5.74) is 3.35. The topological polar surface area (TPSA) is 35.5 Å². The summed E-state index contributed by atoms with van der Waals surface area (Å²) in [6.07, 6.45) is 16.4. The van der Waals surface area contributed by atoms with E-state index in [0.717, 1.165) is 31.3 Å². The Labute approximate surface area is 234 Å². The fourth-order valence-electron chi connectivity index (χ4n) is 8.50. The molecule has 3 aliphatic carbocycles. The maximum Gasteiger partial charge on any atom is 0.192 e. The zero-order chi connectivity index (χ0) is 27.8. The second kappa shape index (κ2) is 11.2. The molecule has 2 fully saturated rings. The molecule has 4 heteroatoms. The van der Waals surface area contributed by atoms with Gasteiger partial charge >= 0.3 is 0 Å². The van der Waals surface area contributed by atoms with Gasteiger partial charge in [-0.2, -0.15) is 0 Å². The van der Waals surface area contributed by atoms with Gasteiger partial charge in [0.1, 0.15) is 12.0 Å². The molecule has 0 spiro atoms. The van der Waals surface area contributed by atoms with Crippen molar-refractivity contribution in [3.8, 4) is 5.75 Å². The van der Waals surface area contributed by atoms with Gasteiger partial charge in [0.05, 0.1) is 13.2 Å². The minimum atomic E-state index is -1.87. The number of benzene rings is 1. The first-order chi connectivity index (χ1) is 17.9. The first-order valence-electron chi connectivity index (χ1n) is 15.4. The van der Waals surface area contributed by atoms with E-state index in [9.17, 15) is 4.79 Å². The summed E-state index contributed by atoms with van der Waals surface area (Å²) in [7, 11) is -0.0969. The molecule has 3 aliphatic rings. The highest BCUT2D eigenvalue weighted by molar-refractivity contribution is 6.74. The third-order valence-electron chi connectivity index (χ3n) is 11.4. The van der Waals surface area contributed by atoms with E-state index < -0.39 is 8.32 Å². The number of carbonyl (C=O) groups excluding carboxylic acids is 1. The van der Waals surface area contributed by atoms with E-state index in [4.69, 9.17) is 9.16 Å². The number of methoxy groups -OCH3 is 1. The van der Waals surface area contributed by atoms with Crippen LogP contribution in [0.4, 0.5) is 0 Å². The Hall–Kier alpha value is -1.39. The zero-order valence-electron chi connectivity index (χ0n) is 25.4.